The van der Waals surface area contributed by atoms with Gasteiger partial charge in [0.15, 0.2) is 5.78 Å². The molecule has 5 rings (SSSR count). The lowest BCUT2D eigenvalue weighted by Gasteiger charge is -2.34. The molecule has 0 saturated carbocycles. The second kappa shape index (κ2) is 10.3. The number of Topliss-reactive ketones (excluding diaryl/α,β-unsaturated/α-hetero) is 1. The van der Waals surface area contributed by atoms with E-state index in [1.807, 2.05) is 11.8 Å². The van der Waals surface area contributed by atoms with Crippen molar-refractivity contribution in [1.29, 1.82) is 0 Å². The number of ketones is 1. The number of thiol groups is 1. The number of halogens is 4. The fourth-order valence-corrected chi connectivity index (χ4v) is 6.78. The summed E-state index contributed by atoms with van der Waals surface area (Å²) in [5.74, 6) is -0.540. The Balaban J connectivity index is 1.19. The third-order valence-electron chi connectivity index (χ3n) is 8.27. The molecule has 2 fully saturated rings. The van der Waals surface area contributed by atoms with E-state index in [4.69, 9.17) is 0 Å². The van der Waals surface area contributed by atoms with Gasteiger partial charge in [-0.3, -0.25) is 9.59 Å². The summed E-state index contributed by atoms with van der Waals surface area (Å²) in [5, 5.41) is 0.587. The summed E-state index contributed by atoms with van der Waals surface area (Å²) in [6.45, 7) is 4.40. The van der Waals surface area contributed by atoms with Gasteiger partial charge in [-0.2, -0.15) is 11.7 Å². The second-order valence-corrected chi connectivity index (χ2v) is 14.1. The summed E-state index contributed by atoms with van der Waals surface area (Å²) < 4.78 is 54.9. The van der Waals surface area contributed by atoms with Crippen LogP contribution in [0.1, 0.15) is 59.9 Å². The van der Waals surface area contributed by atoms with Gasteiger partial charge in [-0.05, 0) is 94.6 Å². The van der Waals surface area contributed by atoms with Gasteiger partial charge in [0.05, 0.1) is 10.3 Å². The molecule has 1 amide bonds. The minimum Gasteiger partial charge on any atom is -0.350 e. The van der Waals surface area contributed by atoms with Crippen LogP contribution in [0.25, 0.3) is 10.9 Å². The highest BCUT2D eigenvalue weighted by molar-refractivity contribution is 8.37. The van der Waals surface area contributed by atoms with Gasteiger partial charge in [0.25, 0.3) is 5.91 Å². The molecule has 2 atom stereocenters. The largest absolute Gasteiger partial charge is 0.350 e. The number of nitrogens with one attached hydrogen (secondary N) is 1. The molecule has 39 heavy (non-hydrogen) atoms. The van der Waals surface area contributed by atoms with E-state index in [1.54, 1.807) is 18.2 Å². The van der Waals surface area contributed by atoms with Crippen LogP contribution in [0, 0.1) is 11.7 Å². The van der Waals surface area contributed by atoms with E-state index in [2.05, 4.69) is 9.88 Å². The molecule has 2 aliphatic rings. The maximum atomic E-state index is 13.9. The molecular weight excluding hydrogens is 530 g/mol. The molecule has 1 aromatic heterocycles. The molecular formula is C29H35F4N3O2S. The van der Waals surface area contributed by atoms with Crippen LogP contribution in [0.4, 0.5) is 16.0 Å². The molecule has 212 valence electrons. The van der Waals surface area contributed by atoms with Crippen molar-refractivity contribution in [1.82, 2.24) is 14.8 Å². The molecule has 2 aliphatic heterocycles. The summed E-state index contributed by atoms with van der Waals surface area (Å²) in [6, 6.07) is 11.1. The van der Waals surface area contributed by atoms with Gasteiger partial charge >= 0.3 is 0 Å². The lowest BCUT2D eigenvalue weighted by molar-refractivity contribution is 0.0643. The van der Waals surface area contributed by atoms with E-state index >= 15 is 0 Å². The summed E-state index contributed by atoms with van der Waals surface area (Å²) in [5.41, 5.74) is 1.18. The highest BCUT2D eigenvalue weighted by Crippen LogP contribution is 2.77. The number of aromatic nitrogens is 1. The van der Waals surface area contributed by atoms with Gasteiger partial charge < -0.3 is 14.8 Å². The standard InChI is InChI=1S/C29H35F4N3O2S/c1-19-3-9-24(13-16-35-14-11-21(12-15-35)28(37)20-4-7-23(30)8-5-20)36(19)29(38)27-17-22-6-10-25(18-26(22)34-27)39(2,31,32)33/h4-8,10,17-19,21,24,34,39H,3,9,11-16H2,1-2H3/t19-,24-/m0/s1. The smallest absolute Gasteiger partial charge is 0.270 e. The number of aromatic amines is 1. The third-order valence-corrected chi connectivity index (χ3v) is 9.65. The van der Waals surface area contributed by atoms with Crippen LogP contribution in [0.5, 0.6) is 0 Å². The SMILES string of the molecule is C[C@H]1CC[C@@H](CCN2CCC(C(=O)c3ccc(F)cc3)CC2)N1C(=O)c1cc2ccc([SH](C)(F)(F)F)cc2[nH]1. The quantitative estimate of drug-likeness (QED) is 0.184. The van der Waals surface area contributed by atoms with Crippen molar-refractivity contribution in [2.75, 3.05) is 25.9 Å². The summed E-state index contributed by atoms with van der Waals surface area (Å²) in [6.07, 6.45) is 4.40. The van der Waals surface area contributed by atoms with Crippen molar-refractivity contribution in [3.63, 3.8) is 0 Å². The summed E-state index contributed by atoms with van der Waals surface area (Å²) in [7, 11) is -6.40. The second-order valence-electron chi connectivity index (χ2n) is 11.2. The zero-order valence-electron chi connectivity index (χ0n) is 22.2. The number of hydrogen-bond acceptors (Lipinski definition) is 3. The van der Waals surface area contributed by atoms with E-state index in [1.165, 1.54) is 18.2 Å². The normalized spacial score (nSPS) is 22.2. The fraction of sp³-hybridized carbons (Fsp3) is 0.448. The molecule has 0 unspecified atom stereocenters. The summed E-state index contributed by atoms with van der Waals surface area (Å²) >= 11 is 0. The molecule has 5 nitrogen and oxygen atoms in total. The van der Waals surface area contributed by atoms with E-state index in [-0.39, 0.29) is 35.5 Å². The number of carbonyl (C=O) groups excluding carboxylic acids is 2. The Morgan fingerprint density at radius 1 is 0.974 bits per heavy atom. The molecule has 0 radical (unpaired) electrons. The topological polar surface area (TPSA) is 56.4 Å². The van der Waals surface area contributed by atoms with Crippen LogP contribution in [0.3, 0.4) is 0 Å². The van der Waals surface area contributed by atoms with E-state index in [0.29, 0.717) is 28.4 Å². The molecule has 0 spiro atoms. The van der Waals surface area contributed by atoms with Crippen molar-refractivity contribution in [2.24, 2.45) is 5.92 Å². The molecule has 1 N–H and O–H groups in total. The van der Waals surface area contributed by atoms with Crippen LogP contribution in [0.15, 0.2) is 53.4 Å². The average molecular weight is 566 g/mol. The van der Waals surface area contributed by atoms with Gasteiger partial charge in [0, 0.05) is 52.2 Å². The molecule has 0 aliphatic carbocycles. The predicted octanol–water partition coefficient (Wildman–Crippen LogP) is 7.00. The Kier molecular flexibility index (Phi) is 7.30. The first-order valence-corrected chi connectivity index (χ1v) is 15.9. The van der Waals surface area contributed by atoms with E-state index in [9.17, 15) is 25.6 Å². The molecule has 3 heterocycles. The van der Waals surface area contributed by atoms with E-state index < -0.39 is 15.2 Å². The number of hydrogen-bond donors (Lipinski definition) is 2. The molecule has 10 heteroatoms. The van der Waals surface area contributed by atoms with Gasteiger partial charge in [-0.15, -0.1) is 0 Å². The molecule has 0 bridgehead atoms. The van der Waals surface area contributed by atoms with E-state index in [0.717, 1.165) is 63.9 Å². The molecule has 3 aromatic rings. The van der Waals surface area contributed by atoms with Gasteiger partial charge in [0.1, 0.15) is 11.5 Å². The van der Waals surface area contributed by atoms with Crippen LogP contribution >= 0.6 is 10.3 Å². The van der Waals surface area contributed by atoms with Crippen LogP contribution in [-0.2, 0) is 0 Å². The third kappa shape index (κ3) is 6.01. The predicted molar refractivity (Wildman–Crippen MR) is 148 cm³/mol. The Labute approximate surface area is 226 Å². The van der Waals surface area contributed by atoms with Gasteiger partial charge in [-0.1, -0.05) is 6.07 Å². The Bertz CT molecular complexity index is 1370. The number of fused-ring (bicyclic) bond motifs is 1. The van der Waals surface area contributed by atoms with Gasteiger partial charge in [-0.25, -0.2) is 4.39 Å². The van der Waals surface area contributed by atoms with Crippen LogP contribution < -0.4 is 0 Å². The molecule has 2 saturated heterocycles. The first-order valence-electron chi connectivity index (χ1n) is 13.5. The number of piperidine rings is 1. The minimum absolute atomic E-state index is 0.0459. The number of nitrogens with zero attached hydrogens (tertiary/aromatic N) is 2. The van der Waals surface area contributed by atoms with Crippen molar-refractivity contribution < 1.29 is 25.6 Å². The Morgan fingerprint density at radius 3 is 2.33 bits per heavy atom. The monoisotopic (exact) mass is 565 g/mol. The number of H-pyrrole nitrogens is 1. The number of likely N-dealkylation sites (tertiary alicyclic amines) is 2. The maximum Gasteiger partial charge on any atom is 0.270 e. The van der Waals surface area contributed by atoms with Gasteiger partial charge in [0.2, 0.25) is 0 Å². The van der Waals surface area contributed by atoms with Crippen LogP contribution in [-0.4, -0.2) is 64.4 Å². The van der Waals surface area contributed by atoms with Crippen molar-refractivity contribution >= 4 is 32.9 Å². The highest BCUT2D eigenvalue weighted by Gasteiger charge is 2.37. The number of amides is 1. The Hall–Kier alpha value is -2.85. The lowest BCUT2D eigenvalue weighted by atomic mass is 9.88. The first kappa shape index (κ1) is 27.7. The average Bonchev–Trinajstić information content (AvgIpc) is 3.49. The zero-order chi connectivity index (χ0) is 28.0. The number of benzene rings is 2. The fourth-order valence-electron chi connectivity index (χ4n) is 5.99. The maximum absolute atomic E-state index is 13.9. The molecule has 2 aromatic carbocycles. The Morgan fingerprint density at radius 2 is 1.67 bits per heavy atom. The van der Waals surface area contributed by atoms with Crippen molar-refractivity contribution in [3.8, 4) is 0 Å². The lowest BCUT2D eigenvalue weighted by Crippen LogP contribution is -2.43. The zero-order valence-corrected chi connectivity index (χ0v) is 23.1. The van der Waals surface area contributed by atoms with Crippen molar-refractivity contribution in [3.05, 3.63) is 65.6 Å². The minimum atomic E-state index is -6.40. The summed E-state index contributed by atoms with van der Waals surface area (Å²) in [4.78, 5) is 32.8. The number of rotatable bonds is 7. The highest BCUT2D eigenvalue weighted by atomic mass is 32.4. The first-order chi connectivity index (χ1) is 18.4. The number of carbonyl (C=O) groups is 2. The van der Waals surface area contributed by atoms with Crippen molar-refractivity contribution in [2.45, 2.75) is 56.0 Å². The van der Waals surface area contributed by atoms with Crippen LogP contribution in [0.2, 0.25) is 0 Å².